The number of aromatic nitrogens is 1. The Bertz CT molecular complexity index is 559. The molecule has 1 N–H and O–H groups in total. The van der Waals surface area contributed by atoms with Crippen LogP contribution >= 0.6 is 0 Å². The van der Waals surface area contributed by atoms with E-state index in [9.17, 15) is 4.79 Å². The van der Waals surface area contributed by atoms with Crippen molar-refractivity contribution in [2.75, 3.05) is 0 Å². The van der Waals surface area contributed by atoms with Crippen LogP contribution in [0.5, 0.6) is 0 Å². The molecule has 0 radical (unpaired) electrons. The molecule has 0 aliphatic carbocycles. The maximum Gasteiger partial charge on any atom is 0.408 e. The van der Waals surface area contributed by atoms with E-state index >= 15 is 0 Å². The van der Waals surface area contributed by atoms with E-state index in [1.165, 1.54) is 6.39 Å². The van der Waals surface area contributed by atoms with Crippen molar-refractivity contribution in [3.63, 3.8) is 0 Å². The Morgan fingerprint density at radius 3 is 2.62 bits per heavy atom. The van der Waals surface area contributed by atoms with Crippen molar-refractivity contribution >= 4 is 6.09 Å². The molecule has 2 aromatic rings. The van der Waals surface area contributed by atoms with E-state index in [2.05, 4.69) is 10.3 Å². The maximum atomic E-state index is 12.0. The SMILES string of the molecule is CC(C)(C)OC(=O)N[C@@H](Cc1ccccc1)c1cnco1. The van der Waals surface area contributed by atoms with Gasteiger partial charge in [0.25, 0.3) is 0 Å². The van der Waals surface area contributed by atoms with E-state index in [-0.39, 0.29) is 6.04 Å². The number of ether oxygens (including phenoxy) is 1. The minimum absolute atomic E-state index is 0.315. The first-order valence-corrected chi connectivity index (χ1v) is 6.86. The van der Waals surface area contributed by atoms with Gasteiger partial charge in [0.1, 0.15) is 11.4 Å². The van der Waals surface area contributed by atoms with E-state index < -0.39 is 11.7 Å². The number of nitrogens with zero attached hydrogens (tertiary/aromatic N) is 1. The lowest BCUT2D eigenvalue weighted by atomic mass is 10.0. The number of amides is 1. The van der Waals surface area contributed by atoms with Crippen LogP contribution in [-0.2, 0) is 11.2 Å². The van der Waals surface area contributed by atoms with Crippen LogP contribution < -0.4 is 5.32 Å². The molecule has 1 heterocycles. The molecule has 0 saturated heterocycles. The lowest BCUT2D eigenvalue weighted by Crippen LogP contribution is -2.35. The van der Waals surface area contributed by atoms with Gasteiger partial charge in [-0.15, -0.1) is 0 Å². The fraction of sp³-hybridized carbons (Fsp3) is 0.375. The summed E-state index contributed by atoms with van der Waals surface area (Å²) in [5.41, 5.74) is 0.554. The van der Waals surface area contributed by atoms with Gasteiger partial charge in [0.05, 0.1) is 12.2 Å². The first-order valence-electron chi connectivity index (χ1n) is 6.86. The molecular formula is C16H20N2O3. The summed E-state index contributed by atoms with van der Waals surface area (Å²) in [6.45, 7) is 5.48. The highest BCUT2D eigenvalue weighted by Gasteiger charge is 2.22. The van der Waals surface area contributed by atoms with E-state index in [0.29, 0.717) is 12.2 Å². The minimum Gasteiger partial charge on any atom is -0.446 e. The van der Waals surface area contributed by atoms with Crippen molar-refractivity contribution in [3.05, 3.63) is 54.2 Å². The number of hydrogen-bond acceptors (Lipinski definition) is 4. The normalized spacial score (nSPS) is 12.7. The summed E-state index contributed by atoms with van der Waals surface area (Å²) < 4.78 is 10.6. The predicted molar refractivity (Wildman–Crippen MR) is 78.8 cm³/mol. The van der Waals surface area contributed by atoms with E-state index in [0.717, 1.165) is 5.56 Å². The molecule has 0 saturated carbocycles. The fourth-order valence-corrected chi connectivity index (χ4v) is 1.92. The van der Waals surface area contributed by atoms with E-state index in [1.54, 1.807) is 6.20 Å². The van der Waals surface area contributed by atoms with Gasteiger partial charge in [0, 0.05) is 6.42 Å². The number of nitrogens with one attached hydrogen (secondary N) is 1. The van der Waals surface area contributed by atoms with Gasteiger partial charge in [-0.3, -0.25) is 0 Å². The zero-order valence-electron chi connectivity index (χ0n) is 12.5. The van der Waals surface area contributed by atoms with Crippen molar-refractivity contribution in [2.24, 2.45) is 0 Å². The molecule has 1 aromatic heterocycles. The van der Waals surface area contributed by atoms with Crippen LogP contribution in [0.25, 0.3) is 0 Å². The Kier molecular flexibility index (Phi) is 4.62. The highest BCUT2D eigenvalue weighted by Crippen LogP contribution is 2.19. The van der Waals surface area contributed by atoms with Gasteiger partial charge in [-0.05, 0) is 26.3 Å². The summed E-state index contributed by atoms with van der Waals surface area (Å²) in [4.78, 5) is 15.9. The quantitative estimate of drug-likeness (QED) is 0.935. The Balaban J connectivity index is 2.08. The first-order chi connectivity index (χ1) is 9.94. The second-order valence-electron chi connectivity index (χ2n) is 5.79. The molecule has 1 atom stereocenters. The first kappa shape index (κ1) is 15.1. The summed E-state index contributed by atoms with van der Waals surface area (Å²) >= 11 is 0. The van der Waals surface area contributed by atoms with Crippen LogP contribution in [0.1, 0.15) is 38.1 Å². The molecule has 0 aliphatic rings. The Labute approximate surface area is 124 Å². The van der Waals surface area contributed by atoms with Crippen LogP contribution in [0.3, 0.4) is 0 Å². The minimum atomic E-state index is -0.539. The molecular weight excluding hydrogens is 268 g/mol. The largest absolute Gasteiger partial charge is 0.446 e. The smallest absolute Gasteiger partial charge is 0.408 e. The molecule has 0 aliphatic heterocycles. The topological polar surface area (TPSA) is 64.4 Å². The zero-order valence-corrected chi connectivity index (χ0v) is 12.5. The monoisotopic (exact) mass is 288 g/mol. The van der Waals surface area contributed by atoms with E-state index in [1.807, 2.05) is 51.1 Å². The van der Waals surface area contributed by atoms with Crippen LogP contribution in [0, 0.1) is 0 Å². The van der Waals surface area contributed by atoms with E-state index in [4.69, 9.17) is 9.15 Å². The highest BCUT2D eigenvalue weighted by molar-refractivity contribution is 5.68. The third-order valence-electron chi connectivity index (χ3n) is 2.77. The predicted octanol–water partition coefficient (Wildman–Crippen LogP) is 3.48. The van der Waals surface area contributed by atoms with Gasteiger partial charge in [0.15, 0.2) is 6.39 Å². The third kappa shape index (κ3) is 4.95. The van der Waals surface area contributed by atoms with Crippen LogP contribution in [-0.4, -0.2) is 16.7 Å². The van der Waals surface area contributed by atoms with Crippen molar-refractivity contribution in [1.29, 1.82) is 0 Å². The lowest BCUT2D eigenvalue weighted by molar-refractivity contribution is 0.0497. The summed E-state index contributed by atoms with van der Waals surface area (Å²) in [5, 5.41) is 2.83. The molecule has 2 rings (SSSR count). The van der Waals surface area contributed by atoms with Crippen molar-refractivity contribution < 1.29 is 13.9 Å². The number of carbonyl (C=O) groups excluding carboxylic acids is 1. The number of benzene rings is 1. The molecule has 5 nitrogen and oxygen atoms in total. The standard InChI is InChI=1S/C16H20N2O3/c1-16(2,3)21-15(19)18-13(14-10-17-11-20-14)9-12-7-5-4-6-8-12/h4-8,10-11,13H,9H2,1-3H3,(H,18,19)/t13-/m0/s1. The Morgan fingerprint density at radius 2 is 2.05 bits per heavy atom. The second-order valence-corrected chi connectivity index (χ2v) is 5.79. The molecule has 1 aromatic carbocycles. The van der Waals surface area contributed by atoms with Crippen LogP contribution in [0.15, 0.2) is 47.3 Å². The summed E-state index contributed by atoms with van der Waals surface area (Å²) in [5.74, 6) is 0.602. The van der Waals surface area contributed by atoms with Gasteiger partial charge in [-0.2, -0.15) is 0 Å². The molecule has 112 valence electrons. The summed E-state index contributed by atoms with van der Waals surface area (Å²) in [6.07, 6.45) is 3.09. The summed E-state index contributed by atoms with van der Waals surface area (Å²) in [6, 6.07) is 9.56. The number of hydrogen-bond donors (Lipinski definition) is 1. The lowest BCUT2D eigenvalue weighted by Gasteiger charge is -2.22. The second kappa shape index (κ2) is 6.43. The Hall–Kier alpha value is -2.30. The van der Waals surface area contributed by atoms with Crippen molar-refractivity contribution in [2.45, 2.75) is 38.8 Å². The molecule has 0 spiro atoms. The molecule has 0 fully saturated rings. The molecule has 1 amide bonds. The average Bonchev–Trinajstić information content (AvgIpc) is 2.90. The Morgan fingerprint density at radius 1 is 1.33 bits per heavy atom. The zero-order chi connectivity index (χ0) is 15.3. The number of rotatable bonds is 4. The van der Waals surface area contributed by atoms with Gasteiger partial charge < -0.3 is 14.5 Å². The molecule has 21 heavy (non-hydrogen) atoms. The average molecular weight is 288 g/mol. The molecule has 5 heteroatoms. The van der Waals surface area contributed by atoms with Crippen LogP contribution in [0.4, 0.5) is 4.79 Å². The van der Waals surface area contributed by atoms with Crippen molar-refractivity contribution in [3.8, 4) is 0 Å². The number of carbonyl (C=O) groups is 1. The van der Waals surface area contributed by atoms with Gasteiger partial charge in [-0.25, -0.2) is 9.78 Å². The van der Waals surface area contributed by atoms with Gasteiger partial charge >= 0.3 is 6.09 Å². The highest BCUT2D eigenvalue weighted by atomic mass is 16.6. The number of alkyl carbamates (subject to hydrolysis) is 1. The summed E-state index contributed by atoms with van der Waals surface area (Å²) in [7, 11) is 0. The third-order valence-corrected chi connectivity index (χ3v) is 2.77. The maximum absolute atomic E-state index is 12.0. The number of oxazole rings is 1. The van der Waals surface area contributed by atoms with Crippen molar-refractivity contribution in [1.82, 2.24) is 10.3 Å². The van der Waals surface area contributed by atoms with Crippen LogP contribution in [0.2, 0.25) is 0 Å². The molecule has 0 bridgehead atoms. The fourth-order valence-electron chi connectivity index (χ4n) is 1.92. The molecule has 0 unspecified atom stereocenters. The van der Waals surface area contributed by atoms with Gasteiger partial charge in [0.2, 0.25) is 0 Å². The van der Waals surface area contributed by atoms with Gasteiger partial charge in [-0.1, -0.05) is 30.3 Å².